The minimum atomic E-state index is -0.309. The topological polar surface area (TPSA) is 94.8 Å². The predicted octanol–water partition coefficient (Wildman–Crippen LogP) is 3.79. The zero-order chi connectivity index (χ0) is 27.6. The highest BCUT2D eigenvalue weighted by Gasteiger charge is 2.39. The van der Waals surface area contributed by atoms with Crippen LogP contribution in [-0.2, 0) is 6.54 Å². The van der Waals surface area contributed by atoms with E-state index >= 15 is 4.39 Å². The lowest BCUT2D eigenvalue weighted by Crippen LogP contribution is -2.52. The quantitative estimate of drug-likeness (QED) is 0.409. The van der Waals surface area contributed by atoms with Gasteiger partial charge in [0.2, 0.25) is 0 Å². The number of piperazine rings is 1. The van der Waals surface area contributed by atoms with E-state index in [0.717, 1.165) is 80.1 Å². The number of hydrogen-bond acceptors (Lipinski definition) is 9. The van der Waals surface area contributed by atoms with Gasteiger partial charge in [-0.25, -0.2) is 19.8 Å². The number of aromatic nitrogens is 2. The molecule has 2 aliphatic heterocycles. The third kappa shape index (κ3) is 5.43. The molecule has 3 heterocycles. The first-order valence-corrected chi connectivity index (χ1v) is 14.2. The van der Waals surface area contributed by atoms with Gasteiger partial charge in [-0.15, -0.1) is 0 Å². The van der Waals surface area contributed by atoms with Crippen LogP contribution >= 0.6 is 0 Å². The highest BCUT2D eigenvalue weighted by Crippen LogP contribution is 2.41. The molecule has 0 spiro atoms. The number of hydrazine groups is 1. The molecule has 0 amide bonds. The Hall–Kier alpha value is -3.47. The zero-order valence-electron chi connectivity index (χ0n) is 23.3. The molecular weight excluding hydrogens is 507 g/mol. The number of halogens is 1. The van der Waals surface area contributed by atoms with Crippen molar-refractivity contribution in [2.24, 2.45) is 0 Å². The van der Waals surface area contributed by atoms with Crippen molar-refractivity contribution in [3.63, 3.8) is 0 Å². The molecular formula is C30H39FN8O. The first kappa shape index (κ1) is 26.7. The molecule has 40 heavy (non-hydrogen) atoms. The summed E-state index contributed by atoms with van der Waals surface area (Å²) < 4.78 is 20.5. The summed E-state index contributed by atoms with van der Waals surface area (Å²) >= 11 is 0. The molecule has 212 valence electrons. The van der Waals surface area contributed by atoms with Gasteiger partial charge in [-0.1, -0.05) is 18.2 Å². The molecule has 4 N–H and O–H groups in total. The molecule has 2 fully saturated rings. The molecule has 1 saturated heterocycles. The van der Waals surface area contributed by atoms with Crippen molar-refractivity contribution in [3.05, 3.63) is 71.3 Å². The smallest absolute Gasteiger partial charge is 0.153 e. The van der Waals surface area contributed by atoms with Gasteiger partial charge in [0.05, 0.1) is 24.4 Å². The molecule has 3 aliphatic rings. The van der Waals surface area contributed by atoms with Gasteiger partial charge in [0.1, 0.15) is 23.7 Å². The number of ether oxygens (including phenoxy) is 1. The van der Waals surface area contributed by atoms with Crippen LogP contribution in [-0.4, -0.2) is 72.2 Å². The van der Waals surface area contributed by atoms with Crippen molar-refractivity contribution in [3.8, 4) is 5.75 Å². The number of hydrogen-bond donors (Lipinski definition) is 3. The molecule has 9 nitrogen and oxygen atoms in total. The SMILES string of the molecule is COc1ccc(CNc2ccc(C3NN(C4CCC(N5CCN(C)CC5)CC4)c4ncnc(N)c43)cc2F)cc1. The highest BCUT2D eigenvalue weighted by atomic mass is 19.1. The maximum absolute atomic E-state index is 15.3. The monoisotopic (exact) mass is 546 g/mol. The number of likely N-dealkylation sites (N-methyl/N-ethyl adjacent to an activating group) is 1. The van der Waals surface area contributed by atoms with Gasteiger partial charge in [0.15, 0.2) is 5.82 Å². The van der Waals surface area contributed by atoms with Crippen molar-refractivity contribution < 1.29 is 9.13 Å². The van der Waals surface area contributed by atoms with Crippen LogP contribution in [0.3, 0.4) is 0 Å². The van der Waals surface area contributed by atoms with Gasteiger partial charge in [-0.05, 0) is 68.1 Å². The fourth-order valence-electron chi connectivity index (χ4n) is 6.32. The Labute approximate surface area is 235 Å². The standard InChI is InChI=1S/C30H39FN8O/c1-37-13-15-38(16-14-37)22-6-8-23(9-7-22)39-30-27(29(32)34-19-35-30)28(36-39)21-5-12-26(25(31)17-21)33-18-20-3-10-24(40-2)11-4-20/h3-5,10-12,17,19,22-23,28,33,36H,6-9,13-16,18H2,1-2H3,(H2,32,34,35). The second kappa shape index (κ2) is 11.6. The van der Waals surface area contributed by atoms with E-state index in [4.69, 9.17) is 10.5 Å². The Bertz CT molecular complexity index is 1310. The molecule has 1 atom stereocenters. The second-order valence-corrected chi connectivity index (χ2v) is 11.2. The number of anilines is 3. The fraction of sp³-hybridized carbons (Fsp3) is 0.467. The molecule has 6 rings (SSSR count). The molecule has 1 aromatic heterocycles. The van der Waals surface area contributed by atoms with Crippen LogP contribution in [0.1, 0.15) is 48.4 Å². The minimum Gasteiger partial charge on any atom is -0.497 e. The Morgan fingerprint density at radius 3 is 2.42 bits per heavy atom. The van der Waals surface area contributed by atoms with Gasteiger partial charge in [-0.2, -0.15) is 0 Å². The average molecular weight is 547 g/mol. The van der Waals surface area contributed by atoms with Crippen molar-refractivity contribution >= 4 is 17.3 Å². The molecule has 1 saturated carbocycles. The van der Waals surface area contributed by atoms with E-state index in [9.17, 15) is 0 Å². The number of methoxy groups -OCH3 is 1. The Morgan fingerprint density at radius 1 is 1.00 bits per heavy atom. The van der Waals surface area contributed by atoms with E-state index in [1.54, 1.807) is 19.2 Å². The van der Waals surface area contributed by atoms with Crippen LogP contribution in [0.2, 0.25) is 0 Å². The second-order valence-electron chi connectivity index (χ2n) is 11.2. The molecule has 3 aromatic rings. The number of benzene rings is 2. The van der Waals surface area contributed by atoms with Gasteiger partial charge in [0.25, 0.3) is 0 Å². The van der Waals surface area contributed by atoms with Crippen molar-refractivity contribution in [2.75, 3.05) is 56.4 Å². The van der Waals surface area contributed by atoms with Gasteiger partial charge >= 0.3 is 0 Å². The maximum Gasteiger partial charge on any atom is 0.153 e. The van der Waals surface area contributed by atoms with Gasteiger partial charge < -0.3 is 20.7 Å². The predicted molar refractivity (Wildman–Crippen MR) is 156 cm³/mol. The van der Waals surface area contributed by atoms with Crippen molar-refractivity contribution in [2.45, 2.75) is 50.4 Å². The van der Waals surface area contributed by atoms with Gasteiger partial charge in [0, 0.05) is 44.8 Å². The Morgan fingerprint density at radius 2 is 1.73 bits per heavy atom. The lowest BCUT2D eigenvalue weighted by Gasteiger charge is -2.42. The number of nitrogens with two attached hydrogens (primary N) is 1. The summed E-state index contributed by atoms with van der Waals surface area (Å²) in [5, 5.41) is 5.38. The molecule has 0 bridgehead atoms. The lowest BCUT2D eigenvalue weighted by molar-refractivity contribution is 0.0868. The van der Waals surface area contributed by atoms with E-state index in [1.807, 2.05) is 30.3 Å². The van der Waals surface area contributed by atoms with E-state index < -0.39 is 0 Å². The van der Waals surface area contributed by atoms with Crippen LogP contribution in [0.15, 0.2) is 48.8 Å². The minimum absolute atomic E-state index is 0.303. The third-order valence-electron chi connectivity index (χ3n) is 8.73. The van der Waals surface area contributed by atoms with Crippen LogP contribution in [0.25, 0.3) is 0 Å². The number of nitrogens with zero attached hydrogens (tertiary/aromatic N) is 5. The summed E-state index contributed by atoms with van der Waals surface area (Å²) in [6, 6.07) is 13.7. The largest absolute Gasteiger partial charge is 0.497 e. The number of nitrogens with one attached hydrogen (secondary N) is 2. The number of nitrogen functional groups attached to an aromatic ring is 1. The summed E-state index contributed by atoms with van der Waals surface area (Å²) in [6.07, 6.45) is 5.99. The Balaban J connectivity index is 1.14. The third-order valence-corrected chi connectivity index (χ3v) is 8.73. The maximum atomic E-state index is 15.3. The summed E-state index contributed by atoms with van der Waals surface area (Å²) in [6.45, 7) is 5.10. The van der Waals surface area contributed by atoms with Crippen LogP contribution in [0, 0.1) is 5.82 Å². The summed E-state index contributed by atoms with van der Waals surface area (Å²) in [7, 11) is 3.84. The van der Waals surface area contributed by atoms with Crippen LogP contribution < -0.4 is 26.2 Å². The van der Waals surface area contributed by atoms with E-state index in [2.05, 4.69) is 42.6 Å². The first-order chi connectivity index (χ1) is 19.5. The van der Waals surface area contributed by atoms with Crippen molar-refractivity contribution in [1.82, 2.24) is 25.2 Å². The Kier molecular flexibility index (Phi) is 7.73. The summed E-state index contributed by atoms with van der Waals surface area (Å²) in [4.78, 5) is 14.0. The molecule has 2 aromatic carbocycles. The average Bonchev–Trinajstić information content (AvgIpc) is 3.38. The van der Waals surface area contributed by atoms with E-state index in [0.29, 0.717) is 30.1 Å². The molecule has 1 aliphatic carbocycles. The van der Waals surface area contributed by atoms with Crippen molar-refractivity contribution in [1.29, 1.82) is 0 Å². The van der Waals surface area contributed by atoms with E-state index in [-0.39, 0.29) is 11.9 Å². The number of fused-ring (bicyclic) bond motifs is 1. The molecule has 10 heteroatoms. The molecule has 1 unspecified atom stereocenters. The highest BCUT2D eigenvalue weighted by molar-refractivity contribution is 5.65. The van der Waals surface area contributed by atoms with Crippen LogP contribution in [0.4, 0.5) is 21.7 Å². The normalized spacial score (nSPS) is 23.7. The van der Waals surface area contributed by atoms with Gasteiger partial charge in [-0.3, -0.25) is 9.91 Å². The summed E-state index contributed by atoms with van der Waals surface area (Å²) in [5.41, 5.74) is 13.1. The lowest BCUT2D eigenvalue weighted by atomic mass is 9.89. The molecule has 0 radical (unpaired) electrons. The van der Waals surface area contributed by atoms with E-state index in [1.165, 1.54) is 6.33 Å². The fourth-order valence-corrected chi connectivity index (χ4v) is 6.32. The summed E-state index contributed by atoms with van der Waals surface area (Å²) in [5.74, 6) is 1.72. The first-order valence-electron chi connectivity index (χ1n) is 14.2. The number of rotatable bonds is 7. The zero-order valence-corrected chi connectivity index (χ0v) is 23.3. The van der Waals surface area contributed by atoms with Crippen LogP contribution in [0.5, 0.6) is 5.75 Å².